The molecule has 0 saturated heterocycles. The van der Waals surface area contributed by atoms with E-state index in [1.165, 1.54) is 6.26 Å². The van der Waals surface area contributed by atoms with Crippen LogP contribution in [0.1, 0.15) is 11.5 Å². The Balaban J connectivity index is 1.99. The third-order valence-electron chi connectivity index (χ3n) is 2.42. The summed E-state index contributed by atoms with van der Waals surface area (Å²) >= 11 is 0. The van der Waals surface area contributed by atoms with Gasteiger partial charge in [-0.15, -0.1) is 5.10 Å². The molecule has 0 atom stereocenters. The van der Waals surface area contributed by atoms with Crippen molar-refractivity contribution in [3.63, 3.8) is 0 Å². The number of aryl methyl sites for hydroxylation is 1. The zero-order valence-electron chi connectivity index (χ0n) is 10.8. The molecule has 2 rings (SSSR count). The summed E-state index contributed by atoms with van der Waals surface area (Å²) in [6.45, 7) is 7.21. The Hall–Kier alpha value is -2.28. The topological polar surface area (TPSA) is 77.8 Å². The highest BCUT2D eigenvalue weighted by molar-refractivity contribution is 5.23. The molecule has 0 aliphatic rings. The molecule has 0 unspecified atom stereocenters. The smallest absolute Gasteiger partial charge is 0.172 e. The zero-order chi connectivity index (χ0) is 13.5. The lowest BCUT2D eigenvalue weighted by atomic mass is 10.4. The molecular formula is C12H16N6O. The second kappa shape index (κ2) is 6.60. The fraction of sp³-hybridized carbons (Fsp3) is 0.333. The quantitative estimate of drug-likeness (QED) is 0.580. The van der Waals surface area contributed by atoms with Crippen molar-refractivity contribution in [3.8, 4) is 5.82 Å². The molecule has 0 aliphatic carbocycles. The van der Waals surface area contributed by atoms with E-state index >= 15 is 0 Å². The van der Waals surface area contributed by atoms with E-state index in [1.54, 1.807) is 4.68 Å². The standard InChI is InChI=1S/C12H16N6O/c1-3-19-8-7-13-9-12-15-16-17-18(12)11-6-4-5-10(2)14-11/h3-6,13H,1,7-9H2,2H3. The third-order valence-corrected chi connectivity index (χ3v) is 2.42. The molecule has 2 aromatic rings. The minimum Gasteiger partial charge on any atom is -0.500 e. The van der Waals surface area contributed by atoms with Crippen LogP contribution in [0.15, 0.2) is 31.0 Å². The number of rotatable bonds is 7. The molecule has 0 aromatic carbocycles. The lowest BCUT2D eigenvalue weighted by Gasteiger charge is -2.05. The van der Waals surface area contributed by atoms with E-state index in [4.69, 9.17) is 4.74 Å². The van der Waals surface area contributed by atoms with Gasteiger partial charge in [-0.3, -0.25) is 0 Å². The van der Waals surface area contributed by atoms with Crippen molar-refractivity contribution in [2.45, 2.75) is 13.5 Å². The van der Waals surface area contributed by atoms with Gasteiger partial charge in [0.1, 0.15) is 0 Å². The number of pyridine rings is 1. The molecule has 1 N–H and O–H groups in total. The predicted octanol–water partition coefficient (Wildman–Crippen LogP) is 0.615. The molecule has 0 aliphatic heterocycles. The number of nitrogens with zero attached hydrogens (tertiary/aromatic N) is 5. The highest BCUT2D eigenvalue weighted by atomic mass is 16.5. The number of hydrogen-bond donors (Lipinski definition) is 1. The van der Waals surface area contributed by atoms with Gasteiger partial charge in [0.15, 0.2) is 11.6 Å². The van der Waals surface area contributed by atoms with Crippen molar-refractivity contribution < 1.29 is 4.74 Å². The first kappa shape index (κ1) is 13.2. The average Bonchev–Trinajstić information content (AvgIpc) is 2.87. The van der Waals surface area contributed by atoms with Crippen molar-refractivity contribution in [1.82, 2.24) is 30.5 Å². The van der Waals surface area contributed by atoms with Crippen LogP contribution in [0.5, 0.6) is 0 Å². The molecular weight excluding hydrogens is 244 g/mol. The van der Waals surface area contributed by atoms with E-state index in [0.29, 0.717) is 31.3 Å². The van der Waals surface area contributed by atoms with Crippen LogP contribution in [0.25, 0.3) is 5.82 Å². The summed E-state index contributed by atoms with van der Waals surface area (Å²) in [4.78, 5) is 4.39. The van der Waals surface area contributed by atoms with Gasteiger partial charge in [-0.05, 0) is 29.5 Å². The summed E-state index contributed by atoms with van der Waals surface area (Å²) in [7, 11) is 0. The van der Waals surface area contributed by atoms with Crippen molar-refractivity contribution in [3.05, 3.63) is 42.6 Å². The van der Waals surface area contributed by atoms with Crippen molar-refractivity contribution in [2.75, 3.05) is 13.2 Å². The van der Waals surface area contributed by atoms with Crippen LogP contribution in [-0.4, -0.2) is 38.3 Å². The summed E-state index contributed by atoms with van der Waals surface area (Å²) in [5, 5.41) is 14.8. The lowest BCUT2D eigenvalue weighted by molar-refractivity contribution is 0.249. The Labute approximate surface area is 111 Å². The highest BCUT2D eigenvalue weighted by Crippen LogP contribution is 2.05. The lowest BCUT2D eigenvalue weighted by Crippen LogP contribution is -2.21. The number of nitrogens with one attached hydrogen (secondary N) is 1. The van der Waals surface area contributed by atoms with Crippen LogP contribution in [0.3, 0.4) is 0 Å². The van der Waals surface area contributed by atoms with Crippen molar-refractivity contribution in [2.24, 2.45) is 0 Å². The van der Waals surface area contributed by atoms with Crippen LogP contribution in [-0.2, 0) is 11.3 Å². The molecule has 7 heteroatoms. The normalized spacial score (nSPS) is 10.4. The van der Waals surface area contributed by atoms with Gasteiger partial charge >= 0.3 is 0 Å². The maximum atomic E-state index is 5.01. The predicted molar refractivity (Wildman–Crippen MR) is 69.5 cm³/mol. The van der Waals surface area contributed by atoms with Crippen molar-refractivity contribution >= 4 is 0 Å². The first-order valence-corrected chi connectivity index (χ1v) is 5.96. The Morgan fingerprint density at radius 1 is 1.47 bits per heavy atom. The third kappa shape index (κ3) is 3.59. The van der Waals surface area contributed by atoms with Gasteiger partial charge in [-0.2, -0.15) is 4.68 Å². The number of hydrogen-bond acceptors (Lipinski definition) is 6. The van der Waals surface area contributed by atoms with Gasteiger partial charge in [0, 0.05) is 12.2 Å². The molecule has 19 heavy (non-hydrogen) atoms. The Kier molecular flexibility index (Phi) is 4.57. The summed E-state index contributed by atoms with van der Waals surface area (Å²) in [6.07, 6.45) is 1.42. The molecule has 0 radical (unpaired) electrons. The molecule has 100 valence electrons. The largest absolute Gasteiger partial charge is 0.500 e. The fourth-order valence-corrected chi connectivity index (χ4v) is 1.56. The van der Waals surface area contributed by atoms with Gasteiger partial charge in [0.05, 0.1) is 19.4 Å². The second-order valence-corrected chi connectivity index (χ2v) is 3.86. The molecule has 0 bridgehead atoms. The summed E-state index contributed by atoms with van der Waals surface area (Å²) in [6, 6.07) is 5.72. The van der Waals surface area contributed by atoms with E-state index in [9.17, 15) is 0 Å². The molecule has 2 heterocycles. The van der Waals surface area contributed by atoms with Crippen LogP contribution >= 0.6 is 0 Å². The fourth-order valence-electron chi connectivity index (χ4n) is 1.56. The van der Waals surface area contributed by atoms with Gasteiger partial charge in [-0.1, -0.05) is 12.6 Å². The Morgan fingerprint density at radius 3 is 3.16 bits per heavy atom. The van der Waals surface area contributed by atoms with E-state index in [0.717, 1.165) is 5.69 Å². The van der Waals surface area contributed by atoms with Crippen LogP contribution in [0, 0.1) is 6.92 Å². The van der Waals surface area contributed by atoms with E-state index < -0.39 is 0 Å². The van der Waals surface area contributed by atoms with Crippen molar-refractivity contribution in [1.29, 1.82) is 0 Å². The van der Waals surface area contributed by atoms with E-state index in [-0.39, 0.29) is 0 Å². The van der Waals surface area contributed by atoms with E-state index in [1.807, 2.05) is 25.1 Å². The first-order valence-electron chi connectivity index (χ1n) is 5.96. The minimum atomic E-state index is 0.545. The monoisotopic (exact) mass is 260 g/mol. The van der Waals surface area contributed by atoms with Gasteiger partial charge in [0.2, 0.25) is 0 Å². The zero-order valence-corrected chi connectivity index (χ0v) is 10.8. The molecule has 0 fully saturated rings. The van der Waals surface area contributed by atoms with Crippen LogP contribution in [0.2, 0.25) is 0 Å². The molecule has 7 nitrogen and oxygen atoms in total. The Morgan fingerprint density at radius 2 is 2.37 bits per heavy atom. The summed E-state index contributed by atoms with van der Waals surface area (Å²) < 4.78 is 6.63. The SMILES string of the molecule is C=COCCNCc1nnnn1-c1cccc(C)n1. The molecule has 0 saturated carbocycles. The first-order chi connectivity index (χ1) is 9.31. The maximum absolute atomic E-state index is 5.01. The second-order valence-electron chi connectivity index (χ2n) is 3.86. The number of tetrazole rings is 1. The molecule has 0 spiro atoms. The number of ether oxygens (including phenoxy) is 1. The Bertz CT molecular complexity index is 539. The number of aromatic nitrogens is 5. The highest BCUT2D eigenvalue weighted by Gasteiger charge is 2.08. The maximum Gasteiger partial charge on any atom is 0.172 e. The minimum absolute atomic E-state index is 0.545. The summed E-state index contributed by atoms with van der Waals surface area (Å²) in [5.41, 5.74) is 0.922. The van der Waals surface area contributed by atoms with Gasteiger partial charge < -0.3 is 10.1 Å². The molecule has 0 amide bonds. The van der Waals surface area contributed by atoms with Gasteiger partial charge in [0.25, 0.3) is 0 Å². The van der Waals surface area contributed by atoms with Crippen LogP contribution < -0.4 is 5.32 Å². The van der Waals surface area contributed by atoms with Gasteiger partial charge in [-0.25, -0.2) is 4.98 Å². The van der Waals surface area contributed by atoms with E-state index in [2.05, 4.69) is 32.4 Å². The average molecular weight is 260 g/mol. The molecule has 2 aromatic heterocycles. The summed E-state index contributed by atoms with van der Waals surface area (Å²) in [5.74, 6) is 1.42. The van der Waals surface area contributed by atoms with Crippen LogP contribution in [0.4, 0.5) is 0 Å².